The third-order valence-corrected chi connectivity index (χ3v) is 3.64. The predicted octanol–water partition coefficient (Wildman–Crippen LogP) is 2.97. The molecule has 13 heavy (non-hydrogen) atoms. The molecule has 0 bridgehead atoms. The standard InChI is InChI=1S/C7H3BrIN3S/c8-7-12-11-6(13-7)4-2-1-3-10-5(4)9/h1-3H. The van der Waals surface area contributed by atoms with E-state index in [1.165, 1.54) is 11.3 Å². The van der Waals surface area contributed by atoms with Crippen molar-refractivity contribution in [1.29, 1.82) is 0 Å². The van der Waals surface area contributed by atoms with Crippen molar-refractivity contribution in [3.8, 4) is 10.6 Å². The molecule has 0 unspecified atom stereocenters. The van der Waals surface area contributed by atoms with Crippen LogP contribution in [0.15, 0.2) is 22.2 Å². The molecule has 0 aliphatic heterocycles. The summed E-state index contributed by atoms with van der Waals surface area (Å²) in [5.74, 6) is 0. The summed E-state index contributed by atoms with van der Waals surface area (Å²) in [4.78, 5) is 4.18. The Morgan fingerprint density at radius 1 is 1.38 bits per heavy atom. The van der Waals surface area contributed by atoms with E-state index >= 15 is 0 Å². The van der Waals surface area contributed by atoms with Crippen LogP contribution in [0.4, 0.5) is 0 Å². The van der Waals surface area contributed by atoms with Gasteiger partial charge in [-0.1, -0.05) is 11.3 Å². The molecule has 0 spiro atoms. The summed E-state index contributed by atoms with van der Waals surface area (Å²) < 4.78 is 1.74. The van der Waals surface area contributed by atoms with E-state index in [2.05, 4.69) is 53.7 Å². The highest BCUT2D eigenvalue weighted by Gasteiger charge is 2.08. The van der Waals surface area contributed by atoms with Crippen LogP contribution in [0, 0.1) is 3.70 Å². The minimum atomic E-state index is 0.794. The van der Waals surface area contributed by atoms with Gasteiger partial charge in [-0.3, -0.25) is 0 Å². The molecular weight excluding hydrogens is 365 g/mol. The molecule has 0 amide bonds. The topological polar surface area (TPSA) is 38.7 Å². The summed E-state index contributed by atoms with van der Waals surface area (Å²) >= 11 is 6.97. The normalized spacial score (nSPS) is 10.3. The Labute approximate surface area is 101 Å². The molecule has 0 N–H and O–H groups in total. The fourth-order valence-electron chi connectivity index (χ4n) is 0.860. The van der Waals surface area contributed by atoms with E-state index < -0.39 is 0 Å². The third-order valence-electron chi connectivity index (χ3n) is 1.39. The van der Waals surface area contributed by atoms with E-state index in [4.69, 9.17) is 0 Å². The van der Waals surface area contributed by atoms with Crippen LogP contribution in [0.25, 0.3) is 10.6 Å². The van der Waals surface area contributed by atoms with Crippen molar-refractivity contribution in [1.82, 2.24) is 15.2 Å². The number of rotatable bonds is 1. The highest BCUT2D eigenvalue weighted by Crippen LogP contribution is 2.28. The van der Waals surface area contributed by atoms with Gasteiger partial charge in [-0.05, 0) is 50.7 Å². The maximum absolute atomic E-state index is 4.18. The van der Waals surface area contributed by atoms with Crippen LogP contribution in [0.3, 0.4) is 0 Å². The van der Waals surface area contributed by atoms with Crippen LogP contribution in [-0.4, -0.2) is 15.2 Å². The van der Waals surface area contributed by atoms with Gasteiger partial charge in [0.05, 0.1) is 0 Å². The molecule has 0 radical (unpaired) electrons. The fourth-order valence-corrected chi connectivity index (χ4v) is 2.78. The molecule has 0 aliphatic carbocycles. The highest BCUT2D eigenvalue weighted by atomic mass is 127. The molecule has 0 saturated carbocycles. The average molecular weight is 368 g/mol. The molecule has 2 aromatic heterocycles. The van der Waals surface area contributed by atoms with Gasteiger partial charge in [-0.2, -0.15) is 0 Å². The number of nitrogens with zero attached hydrogens (tertiary/aromatic N) is 3. The Hall–Kier alpha value is -0.0800. The second-order valence-corrected chi connectivity index (χ2v) is 5.48. The van der Waals surface area contributed by atoms with E-state index in [1.54, 1.807) is 6.20 Å². The minimum absolute atomic E-state index is 0.794. The first-order chi connectivity index (χ1) is 6.27. The van der Waals surface area contributed by atoms with Gasteiger partial charge >= 0.3 is 0 Å². The van der Waals surface area contributed by atoms with Crippen LogP contribution in [0.1, 0.15) is 0 Å². The van der Waals surface area contributed by atoms with Crippen LogP contribution >= 0.6 is 49.9 Å². The van der Waals surface area contributed by atoms with Crippen molar-refractivity contribution in [3.05, 3.63) is 25.9 Å². The average Bonchev–Trinajstić information content (AvgIpc) is 2.53. The predicted molar refractivity (Wildman–Crippen MR) is 63.6 cm³/mol. The van der Waals surface area contributed by atoms with Crippen molar-refractivity contribution in [2.75, 3.05) is 0 Å². The number of hydrogen-bond acceptors (Lipinski definition) is 4. The number of pyridine rings is 1. The zero-order valence-corrected chi connectivity index (χ0v) is 10.8. The van der Waals surface area contributed by atoms with Crippen molar-refractivity contribution < 1.29 is 0 Å². The van der Waals surface area contributed by atoms with Gasteiger partial charge < -0.3 is 0 Å². The SMILES string of the molecule is Brc1nnc(-c2cccnc2I)s1. The highest BCUT2D eigenvalue weighted by molar-refractivity contribution is 14.1. The summed E-state index contributed by atoms with van der Waals surface area (Å²) in [6.45, 7) is 0. The number of aromatic nitrogens is 3. The Morgan fingerprint density at radius 3 is 2.85 bits per heavy atom. The largest absolute Gasteiger partial charge is 0.250 e. The molecule has 0 aliphatic rings. The van der Waals surface area contributed by atoms with Gasteiger partial charge in [-0.15, -0.1) is 10.2 Å². The first kappa shape index (κ1) is 9.47. The lowest BCUT2D eigenvalue weighted by molar-refractivity contribution is 1.07. The van der Waals surface area contributed by atoms with Crippen LogP contribution in [0.2, 0.25) is 0 Å². The Kier molecular flexibility index (Phi) is 2.89. The lowest BCUT2D eigenvalue weighted by Crippen LogP contribution is -1.84. The Balaban J connectivity index is 2.52. The fraction of sp³-hybridized carbons (Fsp3) is 0. The summed E-state index contributed by atoms with van der Waals surface area (Å²) in [7, 11) is 0. The smallest absolute Gasteiger partial charge is 0.183 e. The van der Waals surface area contributed by atoms with Crippen molar-refractivity contribution in [2.45, 2.75) is 0 Å². The Morgan fingerprint density at radius 2 is 2.23 bits per heavy atom. The van der Waals surface area contributed by atoms with Gasteiger partial charge in [0.15, 0.2) is 8.92 Å². The molecule has 3 nitrogen and oxygen atoms in total. The van der Waals surface area contributed by atoms with Crippen LogP contribution in [0.5, 0.6) is 0 Å². The first-order valence-electron chi connectivity index (χ1n) is 3.37. The van der Waals surface area contributed by atoms with Gasteiger partial charge in [0.2, 0.25) is 0 Å². The molecule has 0 atom stereocenters. The maximum Gasteiger partial charge on any atom is 0.183 e. The lowest BCUT2D eigenvalue weighted by Gasteiger charge is -1.95. The molecular formula is C7H3BrIN3S. The molecule has 0 saturated heterocycles. The van der Waals surface area contributed by atoms with E-state index in [0.717, 1.165) is 18.2 Å². The summed E-state index contributed by atoms with van der Waals surface area (Å²) in [5, 5.41) is 8.80. The second kappa shape index (κ2) is 3.97. The van der Waals surface area contributed by atoms with E-state index in [9.17, 15) is 0 Å². The molecule has 2 rings (SSSR count). The van der Waals surface area contributed by atoms with Crippen LogP contribution < -0.4 is 0 Å². The summed E-state index contributed by atoms with van der Waals surface area (Å²) in [6, 6.07) is 3.88. The zero-order valence-electron chi connectivity index (χ0n) is 6.24. The van der Waals surface area contributed by atoms with E-state index in [0.29, 0.717) is 0 Å². The second-order valence-electron chi connectivity index (χ2n) is 2.20. The van der Waals surface area contributed by atoms with E-state index in [-0.39, 0.29) is 0 Å². The zero-order chi connectivity index (χ0) is 9.26. The summed E-state index contributed by atoms with van der Waals surface area (Å²) in [6.07, 6.45) is 1.77. The number of halogens is 2. The van der Waals surface area contributed by atoms with Gasteiger partial charge in [0.25, 0.3) is 0 Å². The van der Waals surface area contributed by atoms with Crippen LogP contribution in [-0.2, 0) is 0 Å². The first-order valence-corrected chi connectivity index (χ1v) is 6.06. The van der Waals surface area contributed by atoms with Gasteiger partial charge in [0.1, 0.15) is 3.70 Å². The van der Waals surface area contributed by atoms with Crippen molar-refractivity contribution in [3.63, 3.8) is 0 Å². The lowest BCUT2D eigenvalue weighted by atomic mass is 10.3. The molecule has 6 heteroatoms. The summed E-state index contributed by atoms with van der Waals surface area (Å²) in [5.41, 5.74) is 1.03. The molecule has 2 aromatic rings. The van der Waals surface area contributed by atoms with E-state index in [1.807, 2.05) is 12.1 Å². The van der Waals surface area contributed by atoms with Crippen molar-refractivity contribution in [2.24, 2.45) is 0 Å². The number of hydrogen-bond donors (Lipinski definition) is 0. The molecule has 0 fully saturated rings. The maximum atomic E-state index is 4.18. The monoisotopic (exact) mass is 367 g/mol. The van der Waals surface area contributed by atoms with Gasteiger partial charge in [-0.25, -0.2) is 4.98 Å². The third kappa shape index (κ3) is 2.05. The van der Waals surface area contributed by atoms with Gasteiger partial charge in [0, 0.05) is 11.8 Å². The quantitative estimate of drug-likeness (QED) is 0.574. The molecule has 2 heterocycles. The minimum Gasteiger partial charge on any atom is -0.250 e. The molecule has 66 valence electrons. The van der Waals surface area contributed by atoms with Crippen molar-refractivity contribution >= 4 is 49.9 Å². The molecule has 0 aromatic carbocycles. The Bertz CT molecular complexity index is 431.